The zero-order valence-corrected chi connectivity index (χ0v) is 14.5. The molecule has 3 N–H and O–H groups in total. The van der Waals surface area contributed by atoms with Crippen LogP contribution in [0.15, 0.2) is 33.8 Å². The van der Waals surface area contributed by atoms with Crippen molar-refractivity contribution in [2.75, 3.05) is 6.54 Å². The van der Waals surface area contributed by atoms with Crippen molar-refractivity contribution in [2.24, 2.45) is 11.7 Å². The summed E-state index contributed by atoms with van der Waals surface area (Å²) in [5.74, 6) is 0.210. The van der Waals surface area contributed by atoms with E-state index in [0.717, 1.165) is 17.3 Å². The number of fused-ring (bicyclic) bond motifs is 1. The molecule has 0 bridgehead atoms. The molecule has 7 heteroatoms. The monoisotopic (exact) mass is 378 g/mol. The summed E-state index contributed by atoms with van der Waals surface area (Å²) in [7, 11) is 0. The molecule has 1 fully saturated rings. The summed E-state index contributed by atoms with van der Waals surface area (Å²) in [6.07, 6.45) is 3.58. The van der Waals surface area contributed by atoms with Crippen LogP contribution >= 0.6 is 15.9 Å². The molecule has 6 nitrogen and oxygen atoms in total. The molecule has 1 saturated carbocycles. The lowest BCUT2D eigenvalue weighted by atomic mass is 9.96. The van der Waals surface area contributed by atoms with Gasteiger partial charge in [0.15, 0.2) is 0 Å². The molecular weight excluding hydrogens is 360 g/mol. The molecular formula is C16H19BrN4O2. The average molecular weight is 379 g/mol. The molecule has 1 aliphatic rings. The smallest absolute Gasteiger partial charge is 0.261 e. The number of halogens is 1. The maximum Gasteiger partial charge on any atom is 0.261 e. The van der Waals surface area contributed by atoms with Crippen LogP contribution in [0.3, 0.4) is 0 Å². The van der Waals surface area contributed by atoms with Crippen molar-refractivity contribution in [1.29, 1.82) is 0 Å². The van der Waals surface area contributed by atoms with E-state index in [1.807, 2.05) is 13.0 Å². The first-order chi connectivity index (χ1) is 10.9. The zero-order chi connectivity index (χ0) is 16.6. The van der Waals surface area contributed by atoms with Crippen molar-refractivity contribution in [1.82, 2.24) is 14.9 Å². The van der Waals surface area contributed by atoms with Crippen LogP contribution in [0.5, 0.6) is 0 Å². The van der Waals surface area contributed by atoms with Gasteiger partial charge in [-0.3, -0.25) is 14.2 Å². The summed E-state index contributed by atoms with van der Waals surface area (Å²) in [4.78, 5) is 29.0. The first kappa shape index (κ1) is 16.1. The number of aromatic nitrogens is 2. The highest BCUT2D eigenvalue weighted by atomic mass is 79.9. The lowest BCUT2D eigenvalue weighted by molar-refractivity contribution is -0.123. The number of benzene rings is 1. The molecule has 0 spiro atoms. The summed E-state index contributed by atoms with van der Waals surface area (Å²) < 4.78 is 2.13. The van der Waals surface area contributed by atoms with Gasteiger partial charge in [0.1, 0.15) is 6.54 Å². The van der Waals surface area contributed by atoms with Gasteiger partial charge in [-0.15, -0.1) is 0 Å². The fourth-order valence-electron chi connectivity index (χ4n) is 2.80. The molecule has 3 rings (SSSR count). The predicted octanol–water partition coefficient (Wildman–Crippen LogP) is 1.40. The van der Waals surface area contributed by atoms with E-state index in [-0.39, 0.29) is 18.0 Å². The second kappa shape index (κ2) is 6.05. The normalized spacial score (nSPS) is 17.0. The molecule has 0 radical (unpaired) electrons. The third-order valence-corrected chi connectivity index (χ3v) is 4.92. The number of hydrogen-bond donors (Lipinski definition) is 2. The molecule has 0 aliphatic heterocycles. The third-order valence-electron chi connectivity index (χ3n) is 4.43. The van der Waals surface area contributed by atoms with Gasteiger partial charge in [0.2, 0.25) is 5.91 Å². The lowest BCUT2D eigenvalue weighted by Gasteiger charge is -2.29. The van der Waals surface area contributed by atoms with Gasteiger partial charge in [-0.1, -0.05) is 15.9 Å². The number of carbonyl (C=O) groups is 1. The summed E-state index contributed by atoms with van der Waals surface area (Å²) >= 11 is 3.34. The van der Waals surface area contributed by atoms with E-state index in [0.29, 0.717) is 23.4 Å². The van der Waals surface area contributed by atoms with Crippen LogP contribution < -0.4 is 16.6 Å². The van der Waals surface area contributed by atoms with E-state index in [9.17, 15) is 9.59 Å². The number of rotatable bonds is 5. The fraction of sp³-hybridized carbons (Fsp3) is 0.438. The zero-order valence-electron chi connectivity index (χ0n) is 12.9. The van der Waals surface area contributed by atoms with Crippen LogP contribution in [0.1, 0.15) is 19.8 Å². The summed E-state index contributed by atoms with van der Waals surface area (Å²) in [5, 5.41) is 3.46. The molecule has 122 valence electrons. The van der Waals surface area contributed by atoms with Gasteiger partial charge in [-0.25, -0.2) is 4.98 Å². The van der Waals surface area contributed by atoms with Crippen LogP contribution in [0, 0.1) is 5.92 Å². The maximum atomic E-state index is 12.5. The van der Waals surface area contributed by atoms with Gasteiger partial charge in [0, 0.05) is 11.0 Å². The van der Waals surface area contributed by atoms with Crippen molar-refractivity contribution >= 4 is 32.7 Å². The highest BCUT2D eigenvalue weighted by Crippen LogP contribution is 2.38. The number of nitrogens with one attached hydrogen (secondary N) is 1. The van der Waals surface area contributed by atoms with E-state index in [4.69, 9.17) is 5.73 Å². The topological polar surface area (TPSA) is 90.0 Å². The minimum atomic E-state index is -0.395. The molecule has 1 aliphatic carbocycles. The number of hydrogen-bond acceptors (Lipinski definition) is 4. The van der Waals surface area contributed by atoms with E-state index in [1.54, 1.807) is 12.1 Å². The van der Waals surface area contributed by atoms with E-state index in [1.165, 1.54) is 10.9 Å². The minimum Gasteiger partial charge on any atom is -0.348 e. The Labute approximate surface area is 142 Å². The molecule has 1 aromatic carbocycles. The number of nitrogens with two attached hydrogens (primary N) is 1. The predicted molar refractivity (Wildman–Crippen MR) is 92.0 cm³/mol. The Morgan fingerprint density at radius 3 is 2.91 bits per heavy atom. The SMILES string of the molecule is CC(CN)(NC(=O)Cn1cnc2ccc(Br)cc2c1=O)C1CC1. The van der Waals surface area contributed by atoms with Crippen LogP contribution in [0.4, 0.5) is 0 Å². The Morgan fingerprint density at radius 1 is 1.52 bits per heavy atom. The van der Waals surface area contributed by atoms with Crippen molar-refractivity contribution < 1.29 is 4.79 Å². The van der Waals surface area contributed by atoms with Gasteiger partial charge >= 0.3 is 0 Å². The first-order valence-corrected chi connectivity index (χ1v) is 8.38. The summed E-state index contributed by atoms with van der Waals surface area (Å²) in [6.45, 7) is 2.29. The minimum absolute atomic E-state index is 0.0589. The molecule has 23 heavy (non-hydrogen) atoms. The lowest BCUT2D eigenvalue weighted by Crippen LogP contribution is -2.54. The first-order valence-electron chi connectivity index (χ1n) is 7.59. The van der Waals surface area contributed by atoms with Gasteiger partial charge < -0.3 is 11.1 Å². The molecule has 0 saturated heterocycles. The number of amides is 1. The Morgan fingerprint density at radius 2 is 2.26 bits per heavy atom. The molecule has 2 aromatic rings. The van der Waals surface area contributed by atoms with Gasteiger partial charge in [-0.05, 0) is 43.9 Å². The van der Waals surface area contributed by atoms with Crippen molar-refractivity contribution in [3.05, 3.63) is 39.4 Å². The number of carbonyl (C=O) groups excluding carboxylic acids is 1. The largest absolute Gasteiger partial charge is 0.348 e. The third kappa shape index (κ3) is 3.30. The van der Waals surface area contributed by atoms with E-state index < -0.39 is 5.54 Å². The van der Waals surface area contributed by atoms with Crippen LogP contribution in [-0.2, 0) is 11.3 Å². The standard InChI is InChI=1S/C16H19BrN4O2/c1-16(8-18,10-2-3-10)20-14(22)7-21-9-19-13-5-4-11(17)6-12(13)15(21)23/h4-6,9-10H,2-3,7-8,18H2,1H3,(H,20,22). The second-order valence-corrected chi connectivity index (χ2v) is 7.20. The Hall–Kier alpha value is -1.73. The second-order valence-electron chi connectivity index (χ2n) is 6.28. The van der Waals surface area contributed by atoms with Crippen molar-refractivity contribution in [3.63, 3.8) is 0 Å². The molecule has 1 heterocycles. The number of nitrogens with zero attached hydrogens (tertiary/aromatic N) is 2. The molecule has 1 unspecified atom stereocenters. The Kier molecular flexibility index (Phi) is 4.25. The Balaban J connectivity index is 1.82. The summed E-state index contributed by atoms with van der Waals surface area (Å²) in [6, 6.07) is 5.31. The van der Waals surface area contributed by atoms with Crippen LogP contribution in [0.25, 0.3) is 10.9 Å². The van der Waals surface area contributed by atoms with Gasteiger partial charge in [-0.2, -0.15) is 0 Å². The molecule has 1 atom stereocenters. The fourth-order valence-corrected chi connectivity index (χ4v) is 3.16. The quantitative estimate of drug-likeness (QED) is 0.822. The highest BCUT2D eigenvalue weighted by molar-refractivity contribution is 9.10. The molecule has 1 aromatic heterocycles. The maximum absolute atomic E-state index is 12.5. The van der Waals surface area contributed by atoms with Crippen LogP contribution in [-0.4, -0.2) is 27.5 Å². The van der Waals surface area contributed by atoms with E-state index >= 15 is 0 Å². The van der Waals surface area contributed by atoms with Crippen LogP contribution in [0.2, 0.25) is 0 Å². The van der Waals surface area contributed by atoms with Gasteiger partial charge in [0.05, 0.1) is 22.8 Å². The Bertz CT molecular complexity index is 815. The van der Waals surface area contributed by atoms with Crippen molar-refractivity contribution in [3.8, 4) is 0 Å². The van der Waals surface area contributed by atoms with Gasteiger partial charge in [0.25, 0.3) is 5.56 Å². The average Bonchev–Trinajstić information content (AvgIpc) is 3.35. The van der Waals surface area contributed by atoms with E-state index in [2.05, 4.69) is 26.2 Å². The summed E-state index contributed by atoms with van der Waals surface area (Å²) in [5.41, 5.74) is 5.80. The molecule has 1 amide bonds. The highest BCUT2D eigenvalue weighted by Gasteiger charge is 2.41. The van der Waals surface area contributed by atoms with Crippen molar-refractivity contribution in [2.45, 2.75) is 31.8 Å².